The average molecular weight is 211 g/mol. The highest BCUT2D eigenvalue weighted by Gasteiger charge is 1.98. The summed E-state index contributed by atoms with van der Waals surface area (Å²) in [5.41, 5.74) is 2.40. The van der Waals surface area contributed by atoms with Gasteiger partial charge in [-0.2, -0.15) is 0 Å². The van der Waals surface area contributed by atoms with Crippen molar-refractivity contribution in [3.05, 3.63) is 36.6 Å². The monoisotopic (exact) mass is 211 g/mol. The Morgan fingerprint density at radius 2 is 1.40 bits per heavy atom. The van der Waals surface area contributed by atoms with E-state index in [1.54, 1.807) is 0 Å². The SMILES string of the molecule is C=C/C(CC)=C(\C=C)N(C)C.CC.CC. The second-order valence-corrected chi connectivity index (χ2v) is 2.57. The first-order valence-corrected chi connectivity index (χ1v) is 5.82. The third kappa shape index (κ3) is 9.33. The molecule has 1 nitrogen and oxygen atoms in total. The zero-order valence-electron chi connectivity index (χ0n) is 11.7. The van der Waals surface area contributed by atoms with Crippen LogP contribution in [0.2, 0.25) is 0 Å². The summed E-state index contributed by atoms with van der Waals surface area (Å²) in [4.78, 5) is 2.05. The lowest BCUT2D eigenvalue weighted by atomic mass is 10.1. The van der Waals surface area contributed by atoms with E-state index in [4.69, 9.17) is 0 Å². The van der Waals surface area contributed by atoms with E-state index < -0.39 is 0 Å². The molecule has 0 rings (SSSR count). The highest BCUT2D eigenvalue weighted by atomic mass is 15.1. The van der Waals surface area contributed by atoms with Gasteiger partial charge in [-0.3, -0.25) is 0 Å². The quantitative estimate of drug-likeness (QED) is 0.612. The molecule has 0 aromatic heterocycles. The standard InChI is InChI=1S/C10H17N.2C2H6/c1-6-9(7-2)10(8-3)11(4)5;2*1-2/h6,8H,1,3,7H2,2,4-5H3;2*1-2H3/b10-9-;;. The number of rotatable bonds is 4. The molecule has 0 heterocycles. The summed E-state index contributed by atoms with van der Waals surface area (Å²) in [6, 6.07) is 0. The molecule has 0 saturated carbocycles. The van der Waals surface area contributed by atoms with Gasteiger partial charge in [0.05, 0.1) is 0 Å². The molecule has 0 N–H and O–H groups in total. The Hall–Kier alpha value is -0.980. The van der Waals surface area contributed by atoms with Crippen LogP contribution in [0.4, 0.5) is 0 Å². The molecule has 0 spiro atoms. The third-order valence-corrected chi connectivity index (χ3v) is 1.63. The molecule has 0 amide bonds. The molecular formula is C14H29N. The van der Waals surface area contributed by atoms with Gasteiger partial charge in [-0.15, -0.1) is 0 Å². The van der Waals surface area contributed by atoms with Crippen LogP contribution in [0.25, 0.3) is 0 Å². The number of allylic oxidation sites excluding steroid dienone is 3. The van der Waals surface area contributed by atoms with Crippen LogP contribution in [0, 0.1) is 0 Å². The maximum absolute atomic E-state index is 3.75. The fourth-order valence-corrected chi connectivity index (χ4v) is 1.03. The molecule has 0 aliphatic rings. The first kappa shape index (κ1) is 19.6. The maximum Gasteiger partial charge on any atom is 0.0387 e. The molecule has 0 bridgehead atoms. The molecule has 15 heavy (non-hydrogen) atoms. The average Bonchev–Trinajstić information content (AvgIpc) is 2.30. The van der Waals surface area contributed by atoms with Gasteiger partial charge >= 0.3 is 0 Å². The highest BCUT2D eigenvalue weighted by molar-refractivity contribution is 5.29. The van der Waals surface area contributed by atoms with E-state index in [1.165, 1.54) is 5.57 Å². The van der Waals surface area contributed by atoms with Crippen LogP contribution in [0.1, 0.15) is 41.0 Å². The Kier molecular flexibility index (Phi) is 20.2. The van der Waals surface area contributed by atoms with Crippen molar-refractivity contribution >= 4 is 0 Å². The maximum atomic E-state index is 3.75. The number of hydrogen-bond donors (Lipinski definition) is 0. The Morgan fingerprint density at radius 1 is 1.00 bits per heavy atom. The van der Waals surface area contributed by atoms with Gasteiger partial charge in [0.25, 0.3) is 0 Å². The predicted molar refractivity (Wildman–Crippen MR) is 74.1 cm³/mol. The van der Waals surface area contributed by atoms with Gasteiger partial charge in [0, 0.05) is 19.8 Å². The van der Waals surface area contributed by atoms with Crippen LogP contribution in [0.3, 0.4) is 0 Å². The number of hydrogen-bond acceptors (Lipinski definition) is 1. The molecule has 0 atom stereocenters. The fourth-order valence-electron chi connectivity index (χ4n) is 1.03. The minimum absolute atomic E-state index is 1.00. The minimum Gasteiger partial charge on any atom is -0.377 e. The first-order valence-electron chi connectivity index (χ1n) is 5.82. The van der Waals surface area contributed by atoms with E-state index in [9.17, 15) is 0 Å². The summed E-state index contributed by atoms with van der Waals surface area (Å²) in [7, 11) is 4.02. The Balaban J connectivity index is -0.000000318. The lowest BCUT2D eigenvalue weighted by Crippen LogP contribution is -2.10. The van der Waals surface area contributed by atoms with Gasteiger partial charge in [0.15, 0.2) is 0 Å². The molecule has 0 aromatic carbocycles. The van der Waals surface area contributed by atoms with Gasteiger partial charge in [-0.05, 0) is 18.1 Å². The van der Waals surface area contributed by atoms with Gasteiger partial charge < -0.3 is 4.90 Å². The molecule has 0 saturated heterocycles. The number of likely N-dealkylation sites (N-methyl/N-ethyl adjacent to an activating group) is 1. The normalized spacial score (nSPS) is 9.53. The van der Waals surface area contributed by atoms with Crippen molar-refractivity contribution in [2.24, 2.45) is 0 Å². The van der Waals surface area contributed by atoms with E-state index in [2.05, 4.69) is 20.1 Å². The Bertz CT molecular complexity index is 176. The van der Waals surface area contributed by atoms with E-state index in [-0.39, 0.29) is 0 Å². The Labute approximate surface area is 97.2 Å². The molecular weight excluding hydrogens is 182 g/mol. The van der Waals surface area contributed by atoms with E-state index in [1.807, 2.05) is 58.8 Å². The fraction of sp³-hybridized carbons (Fsp3) is 0.571. The largest absolute Gasteiger partial charge is 0.377 e. The van der Waals surface area contributed by atoms with E-state index in [0.29, 0.717) is 0 Å². The van der Waals surface area contributed by atoms with Crippen molar-refractivity contribution in [1.29, 1.82) is 0 Å². The smallest absolute Gasteiger partial charge is 0.0387 e. The molecule has 0 fully saturated rings. The van der Waals surface area contributed by atoms with Crippen LogP contribution < -0.4 is 0 Å². The summed E-state index contributed by atoms with van der Waals surface area (Å²) in [5.74, 6) is 0. The zero-order chi connectivity index (χ0) is 12.9. The van der Waals surface area contributed by atoms with Crippen molar-refractivity contribution in [2.75, 3.05) is 14.1 Å². The van der Waals surface area contributed by atoms with E-state index >= 15 is 0 Å². The van der Waals surface area contributed by atoms with Crippen molar-refractivity contribution in [3.63, 3.8) is 0 Å². The van der Waals surface area contributed by atoms with Crippen LogP contribution in [0.5, 0.6) is 0 Å². The van der Waals surface area contributed by atoms with Crippen molar-refractivity contribution < 1.29 is 0 Å². The Morgan fingerprint density at radius 3 is 1.47 bits per heavy atom. The summed E-state index contributed by atoms with van der Waals surface area (Å²) in [6.45, 7) is 17.6. The highest BCUT2D eigenvalue weighted by Crippen LogP contribution is 2.12. The first-order chi connectivity index (χ1) is 7.17. The van der Waals surface area contributed by atoms with Crippen LogP contribution in [-0.2, 0) is 0 Å². The second kappa shape index (κ2) is 15.5. The predicted octanol–water partition coefficient (Wildman–Crippen LogP) is 4.64. The van der Waals surface area contributed by atoms with Gasteiger partial charge in [0.2, 0.25) is 0 Å². The minimum atomic E-state index is 1.00. The van der Waals surface area contributed by atoms with Gasteiger partial charge in [0.1, 0.15) is 0 Å². The molecule has 0 aliphatic heterocycles. The molecule has 0 unspecified atom stereocenters. The van der Waals surface area contributed by atoms with E-state index in [0.717, 1.165) is 12.1 Å². The molecule has 0 aliphatic carbocycles. The van der Waals surface area contributed by atoms with Crippen molar-refractivity contribution in [1.82, 2.24) is 4.90 Å². The molecule has 90 valence electrons. The summed E-state index contributed by atoms with van der Waals surface area (Å²) >= 11 is 0. The summed E-state index contributed by atoms with van der Waals surface area (Å²) in [5, 5.41) is 0. The van der Waals surface area contributed by atoms with Crippen molar-refractivity contribution in [3.8, 4) is 0 Å². The summed E-state index contributed by atoms with van der Waals surface area (Å²) in [6.07, 6.45) is 4.75. The third-order valence-electron chi connectivity index (χ3n) is 1.63. The van der Waals surface area contributed by atoms with Crippen LogP contribution >= 0.6 is 0 Å². The molecule has 0 aromatic rings. The number of nitrogens with zero attached hydrogens (tertiary/aromatic N) is 1. The van der Waals surface area contributed by atoms with Gasteiger partial charge in [-0.25, -0.2) is 0 Å². The molecule has 0 radical (unpaired) electrons. The zero-order valence-corrected chi connectivity index (χ0v) is 11.7. The second-order valence-electron chi connectivity index (χ2n) is 2.57. The van der Waals surface area contributed by atoms with Crippen molar-refractivity contribution in [2.45, 2.75) is 41.0 Å². The van der Waals surface area contributed by atoms with Gasteiger partial charge in [-0.1, -0.05) is 53.9 Å². The lowest BCUT2D eigenvalue weighted by Gasteiger charge is -2.16. The lowest BCUT2D eigenvalue weighted by molar-refractivity contribution is 0.523. The van der Waals surface area contributed by atoms with Crippen LogP contribution in [-0.4, -0.2) is 19.0 Å². The van der Waals surface area contributed by atoms with Crippen LogP contribution in [0.15, 0.2) is 36.6 Å². The topological polar surface area (TPSA) is 3.24 Å². The summed E-state index contributed by atoms with van der Waals surface area (Å²) < 4.78 is 0. The molecule has 1 heteroatoms.